The number of carbonyl (C=O) groups excluding carboxylic acids is 1. The summed E-state index contributed by atoms with van der Waals surface area (Å²) in [5.41, 5.74) is 0.208. The van der Waals surface area contributed by atoms with Crippen LogP contribution >= 0.6 is 0 Å². The van der Waals surface area contributed by atoms with E-state index < -0.39 is 11.8 Å². The average Bonchev–Trinajstić information content (AvgIpc) is 2.44. The highest BCUT2D eigenvalue weighted by atomic mass is 19.1. The summed E-state index contributed by atoms with van der Waals surface area (Å²) in [4.78, 5) is 11.4. The molecule has 0 saturated carbocycles. The Balaban J connectivity index is 2.42. The van der Waals surface area contributed by atoms with E-state index >= 15 is 0 Å². The van der Waals surface area contributed by atoms with Crippen LogP contribution in [0.15, 0.2) is 18.2 Å². The largest absolute Gasteiger partial charge is 0.491 e. The number of rotatable bonds is 9. The molecule has 0 radical (unpaired) electrons. The first kappa shape index (κ1) is 16.5. The Morgan fingerprint density at radius 1 is 1.15 bits per heavy atom. The van der Waals surface area contributed by atoms with E-state index in [1.54, 1.807) is 6.92 Å². The van der Waals surface area contributed by atoms with Gasteiger partial charge in [0, 0.05) is 0 Å². The van der Waals surface area contributed by atoms with E-state index in [1.807, 2.05) is 0 Å². The van der Waals surface area contributed by atoms with Crippen LogP contribution in [0.2, 0.25) is 0 Å². The molecule has 1 aromatic rings. The van der Waals surface area contributed by atoms with Crippen LogP contribution in [0.1, 0.15) is 56.3 Å². The predicted molar refractivity (Wildman–Crippen MR) is 76.6 cm³/mol. The number of halogens is 1. The Labute approximate surface area is 120 Å². The zero-order valence-corrected chi connectivity index (χ0v) is 12.3. The summed E-state index contributed by atoms with van der Waals surface area (Å²) in [6, 6.07) is 4.16. The van der Waals surface area contributed by atoms with E-state index in [0.717, 1.165) is 18.9 Å². The Bertz CT molecular complexity index is 418. The van der Waals surface area contributed by atoms with E-state index in [4.69, 9.17) is 9.47 Å². The van der Waals surface area contributed by atoms with Crippen LogP contribution in [0.25, 0.3) is 0 Å². The fraction of sp³-hybridized carbons (Fsp3) is 0.562. The SMILES string of the molecule is CCCCCCCOc1ccc(C(=O)OCC)cc1F. The molecule has 3 nitrogen and oxygen atoms in total. The van der Waals surface area contributed by atoms with Crippen molar-refractivity contribution in [1.82, 2.24) is 0 Å². The van der Waals surface area contributed by atoms with Gasteiger partial charge in [-0.25, -0.2) is 9.18 Å². The Hall–Kier alpha value is -1.58. The molecule has 0 bridgehead atoms. The molecule has 0 unspecified atom stereocenters. The molecule has 0 atom stereocenters. The van der Waals surface area contributed by atoms with Crippen LogP contribution in [-0.4, -0.2) is 19.2 Å². The van der Waals surface area contributed by atoms with Crippen molar-refractivity contribution in [1.29, 1.82) is 0 Å². The van der Waals surface area contributed by atoms with Crippen molar-refractivity contribution in [2.45, 2.75) is 46.0 Å². The number of hydrogen-bond donors (Lipinski definition) is 0. The van der Waals surface area contributed by atoms with Crippen molar-refractivity contribution in [3.8, 4) is 5.75 Å². The predicted octanol–water partition coefficient (Wildman–Crippen LogP) is 4.35. The van der Waals surface area contributed by atoms with Crippen LogP contribution < -0.4 is 4.74 Å². The van der Waals surface area contributed by atoms with Gasteiger partial charge in [-0.1, -0.05) is 32.6 Å². The zero-order chi connectivity index (χ0) is 14.8. The van der Waals surface area contributed by atoms with Gasteiger partial charge >= 0.3 is 5.97 Å². The summed E-state index contributed by atoms with van der Waals surface area (Å²) in [5, 5.41) is 0. The quantitative estimate of drug-likeness (QED) is 0.499. The first-order valence-electron chi connectivity index (χ1n) is 7.28. The van der Waals surface area contributed by atoms with Crippen LogP contribution in [0.5, 0.6) is 5.75 Å². The molecule has 0 amide bonds. The molecule has 0 aliphatic heterocycles. The summed E-state index contributed by atoms with van der Waals surface area (Å²) in [7, 11) is 0. The van der Waals surface area contributed by atoms with Crippen molar-refractivity contribution >= 4 is 5.97 Å². The molecule has 0 N–H and O–H groups in total. The number of esters is 1. The van der Waals surface area contributed by atoms with Gasteiger partial charge in [-0.2, -0.15) is 0 Å². The fourth-order valence-corrected chi connectivity index (χ4v) is 1.85. The van der Waals surface area contributed by atoms with Crippen LogP contribution in [0.4, 0.5) is 4.39 Å². The Kier molecular flexibility index (Phi) is 7.70. The first-order valence-corrected chi connectivity index (χ1v) is 7.28. The van der Waals surface area contributed by atoms with Gasteiger partial charge < -0.3 is 9.47 Å². The molecule has 112 valence electrons. The zero-order valence-electron chi connectivity index (χ0n) is 12.3. The number of hydrogen-bond acceptors (Lipinski definition) is 3. The van der Waals surface area contributed by atoms with Crippen molar-refractivity contribution in [2.24, 2.45) is 0 Å². The van der Waals surface area contributed by atoms with Gasteiger partial charge in [0.1, 0.15) is 0 Å². The molecular weight excluding hydrogens is 259 g/mol. The van der Waals surface area contributed by atoms with Gasteiger partial charge in [0.25, 0.3) is 0 Å². The molecule has 0 saturated heterocycles. The lowest BCUT2D eigenvalue weighted by molar-refractivity contribution is 0.0525. The molecule has 0 aromatic heterocycles. The lowest BCUT2D eigenvalue weighted by Gasteiger charge is -2.08. The lowest BCUT2D eigenvalue weighted by Crippen LogP contribution is -2.06. The molecule has 0 fully saturated rings. The van der Waals surface area contributed by atoms with Gasteiger partial charge in [-0.15, -0.1) is 0 Å². The van der Waals surface area contributed by atoms with Crippen molar-refractivity contribution in [2.75, 3.05) is 13.2 Å². The maximum atomic E-state index is 13.7. The molecule has 1 rings (SSSR count). The van der Waals surface area contributed by atoms with Crippen molar-refractivity contribution in [3.05, 3.63) is 29.6 Å². The lowest BCUT2D eigenvalue weighted by atomic mass is 10.2. The maximum Gasteiger partial charge on any atom is 0.338 e. The fourth-order valence-electron chi connectivity index (χ4n) is 1.85. The normalized spacial score (nSPS) is 10.3. The third-order valence-corrected chi connectivity index (χ3v) is 2.95. The van der Waals surface area contributed by atoms with Gasteiger partial charge in [0.05, 0.1) is 18.8 Å². The average molecular weight is 282 g/mol. The van der Waals surface area contributed by atoms with Crippen LogP contribution in [-0.2, 0) is 4.74 Å². The smallest absolute Gasteiger partial charge is 0.338 e. The third kappa shape index (κ3) is 5.59. The number of benzene rings is 1. The molecule has 0 aliphatic rings. The van der Waals surface area contributed by atoms with Gasteiger partial charge in [0.15, 0.2) is 11.6 Å². The molecular formula is C16H23FO3. The highest BCUT2D eigenvalue weighted by Gasteiger charge is 2.11. The number of carbonyl (C=O) groups is 1. The minimum Gasteiger partial charge on any atom is -0.491 e. The second-order valence-corrected chi connectivity index (χ2v) is 4.63. The summed E-state index contributed by atoms with van der Waals surface area (Å²) in [5.74, 6) is -0.852. The minimum absolute atomic E-state index is 0.188. The molecule has 1 aromatic carbocycles. The highest BCUT2D eigenvalue weighted by Crippen LogP contribution is 2.19. The molecule has 0 aliphatic carbocycles. The van der Waals surface area contributed by atoms with Gasteiger partial charge in [0.2, 0.25) is 0 Å². The molecule has 20 heavy (non-hydrogen) atoms. The Morgan fingerprint density at radius 2 is 1.90 bits per heavy atom. The number of ether oxygens (including phenoxy) is 2. The maximum absolute atomic E-state index is 13.7. The Morgan fingerprint density at radius 3 is 2.55 bits per heavy atom. The van der Waals surface area contributed by atoms with E-state index in [-0.39, 0.29) is 17.9 Å². The van der Waals surface area contributed by atoms with E-state index in [0.29, 0.717) is 6.61 Å². The van der Waals surface area contributed by atoms with Gasteiger partial charge in [-0.05, 0) is 31.5 Å². The molecule has 0 heterocycles. The highest BCUT2D eigenvalue weighted by molar-refractivity contribution is 5.89. The summed E-state index contributed by atoms with van der Waals surface area (Å²) >= 11 is 0. The first-order chi connectivity index (χ1) is 9.69. The second-order valence-electron chi connectivity index (χ2n) is 4.63. The van der Waals surface area contributed by atoms with Gasteiger partial charge in [-0.3, -0.25) is 0 Å². The molecule has 4 heteroatoms. The molecule has 0 spiro atoms. The summed E-state index contributed by atoms with van der Waals surface area (Å²) < 4.78 is 23.9. The van der Waals surface area contributed by atoms with Crippen LogP contribution in [0.3, 0.4) is 0 Å². The van der Waals surface area contributed by atoms with Crippen molar-refractivity contribution < 1.29 is 18.7 Å². The van der Waals surface area contributed by atoms with Crippen molar-refractivity contribution in [3.63, 3.8) is 0 Å². The topological polar surface area (TPSA) is 35.5 Å². The summed E-state index contributed by atoms with van der Waals surface area (Å²) in [6.07, 6.45) is 5.62. The minimum atomic E-state index is -0.524. The van der Waals surface area contributed by atoms with E-state index in [9.17, 15) is 9.18 Å². The standard InChI is InChI=1S/C16H23FO3/c1-3-5-6-7-8-11-20-15-10-9-13(12-14(15)17)16(18)19-4-2/h9-10,12H,3-8,11H2,1-2H3. The van der Waals surface area contributed by atoms with Crippen LogP contribution in [0, 0.1) is 5.82 Å². The second kappa shape index (κ2) is 9.34. The number of unbranched alkanes of at least 4 members (excludes halogenated alkanes) is 4. The van der Waals surface area contributed by atoms with E-state index in [1.165, 1.54) is 31.4 Å². The summed E-state index contributed by atoms with van der Waals surface area (Å²) in [6.45, 7) is 4.65. The third-order valence-electron chi connectivity index (χ3n) is 2.95. The monoisotopic (exact) mass is 282 g/mol. The van der Waals surface area contributed by atoms with E-state index in [2.05, 4.69) is 6.92 Å².